The Hall–Kier alpha value is -0.860. The zero-order valence-corrected chi connectivity index (χ0v) is 9.98. The Morgan fingerprint density at radius 3 is 2.94 bits per heavy atom. The summed E-state index contributed by atoms with van der Waals surface area (Å²) in [6.45, 7) is 3.31. The number of likely N-dealkylation sites (tertiary alicyclic amines) is 1. The topological polar surface area (TPSA) is 23.5 Å². The van der Waals surface area contributed by atoms with Crippen LogP contribution >= 0.6 is 0 Å². The second-order valence-corrected chi connectivity index (χ2v) is 5.52. The number of hydrogen-bond acceptors (Lipinski definition) is 2. The highest BCUT2D eigenvalue weighted by Crippen LogP contribution is 2.44. The van der Waals surface area contributed by atoms with Crippen LogP contribution in [0.4, 0.5) is 0 Å². The van der Waals surface area contributed by atoms with Crippen LogP contribution < -0.4 is 0 Å². The summed E-state index contributed by atoms with van der Waals surface area (Å²) in [5.41, 5.74) is 2.75. The van der Waals surface area contributed by atoms with Gasteiger partial charge in [-0.05, 0) is 37.6 Å². The van der Waals surface area contributed by atoms with Gasteiger partial charge in [-0.3, -0.25) is 0 Å². The molecule has 0 amide bonds. The number of hydrogen-bond donors (Lipinski definition) is 1. The van der Waals surface area contributed by atoms with Gasteiger partial charge in [0.25, 0.3) is 0 Å². The second-order valence-electron chi connectivity index (χ2n) is 5.52. The minimum atomic E-state index is -0.221. The number of nitrogens with zero attached hydrogens (tertiary/aromatic N) is 1. The predicted molar refractivity (Wildman–Crippen MR) is 64.5 cm³/mol. The highest BCUT2D eigenvalue weighted by atomic mass is 16.3. The van der Waals surface area contributed by atoms with Crippen molar-refractivity contribution in [1.29, 1.82) is 0 Å². The van der Waals surface area contributed by atoms with E-state index in [2.05, 4.69) is 43.1 Å². The third-order valence-electron chi connectivity index (χ3n) is 4.63. The Labute approximate surface area is 96.9 Å². The van der Waals surface area contributed by atoms with E-state index in [1.54, 1.807) is 0 Å². The third kappa shape index (κ3) is 1.20. The molecule has 86 valence electrons. The van der Waals surface area contributed by atoms with Crippen LogP contribution in [0.3, 0.4) is 0 Å². The Kier molecular flexibility index (Phi) is 2.13. The third-order valence-corrected chi connectivity index (χ3v) is 4.63. The van der Waals surface area contributed by atoms with Crippen molar-refractivity contribution in [2.75, 3.05) is 13.6 Å². The van der Waals surface area contributed by atoms with E-state index in [9.17, 15) is 5.11 Å². The fourth-order valence-electron chi connectivity index (χ4n) is 3.43. The van der Waals surface area contributed by atoms with E-state index in [0.717, 1.165) is 19.4 Å². The first-order valence-corrected chi connectivity index (χ1v) is 6.09. The zero-order chi connectivity index (χ0) is 11.3. The summed E-state index contributed by atoms with van der Waals surface area (Å²) in [4.78, 5) is 2.31. The minimum Gasteiger partial charge on any atom is -0.391 e. The molecule has 0 radical (unpaired) electrons. The van der Waals surface area contributed by atoms with Gasteiger partial charge in [-0.15, -0.1) is 0 Å². The molecule has 2 aliphatic rings. The Bertz CT molecular complexity index is 417. The van der Waals surface area contributed by atoms with Gasteiger partial charge in [0.2, 0.25) is 0 Å². The van der Waals surface area contributed by atoms with Crippen LogP contribution in [-0.4, -0.2) is 35.7 Å². The van der Waals surface area contributed by atoms with Crippen LogP contribution in [0.25, 0.3) is 0 Å². The fourth-order valence-corrected chi connectivity index (χ4v) is 3.43. The SMILES string of the molecule is CN1CC[C@]2(C)c3ccccc3CC1[C@@H]2O. The van der Waals surface area contributed by atoms with Gasteiger partial charge in [0.15, 0.2) is 0 Å². The van der Waals surface area contributed by atoms with Crippen LogP contribution in [0.5, 0.6) is 0 Å². The van der Waals surface area contributed by atoms with Crippen molar-refractivity contribution in [3.8, 4) is 0 Å². The average molecular weight is 217 g/mol. The van der Waals surface area contributed by atoms with E-state index in [-0.39, 0.29) is 11.5 Å². The van der Waals surface area contributed by atoms with E-state index in [4.69, 9.17) is 0 Å². The zero-order valence-electron chi connectivity index (χ0n) is 9.98. The average Bonchev–Trinajstić information content (AvgIpc) is 2.29. The second kappa shape index (κ2) is 3.31. The molecule has 1 aliphatic heterocycles. The summed E-state index contributed by atoms with van der Waals surface area (Å²) in [5.74, 6) is 0. The molecule has 3 rings (SSSR count). The van der Waals surface area contributed by atoms with Crippen LogP contribution in [0, 0.1) is 0 Å². The molecule has 1 aromatic rings. The van der Waals surface area contributed by atoms with E-state index < -0.39 is 0 Å². The number of aliphatic hydroxyl groups excluding tert-OH is 1. The van der Waals surface area contributed by atoms with Crippen LogP contribution in [0.1, 0.15) is 24.5 Å². The summed E-state index contributed by atoms with van der Waals surface area (Å²) in [5, 5.41) is 10.5. The molecule has 1 unspecified atom stereocenters. The lowest BCUT2D eigenvalue weighted by atomic mass is 9.63. The molecule has 16 heavy (non-hydrogen) atoms. The minimum absolute atomic E-state index is 0.0357. The standard InChI is InChI=1S/C14H19NO/c1-14-7-8-15(2)12(13(14)16)9-10-5-3-4-6-11(10)14/h3-6,12-13,16H,7-9H2,1-2H3/t12?,13-,14+/m0/s1. The number of likely N-dealkylation sites (N-methyl/N-ethyl adjacent to an activating group) is 1. The molecular weight excluding hydrogens is 198 g/mol. The molecule has 0 saturated carbocycles. The van der Waals surface area contributed by atoms with Gasteiger partial charge in [0.1, 0.15) is 0 Å². The van der Waals surface area contributed by atoms with Crippen molar-refractivity contribution in [2.45, 2.75) is 37.3 Å². The number of piperidine rings is 1. The van der Waals surface area contributed by atoms with Gasteiger partial charge in [-0.2, -0.15) is 0 Å². The molecule has 1 aromatic carbocycles. The normalized spacial score (nSPS) is 38.2. The molecule has 1 heterocycles. The van der Waals surface area contributed by atoms with Crippen LogP contribution in [-0.2, 0) is 11.8 Å². The van der Waals surface area contributed by atoms with Crippen LogP contribution in [0.2, 0.25) is 0 Å². The first-order valence-electron chi connectivity index (χ1n) is 6.09. The van der Waals surface area contributed by atoms with Crippen molar-refractivity contribution >= 4 is 0 Å². The Balaban J connectivity index is 2.15. The Morgan fingerprint density at radius 2 is 2.12 bits per heavy atom. The van der Waals surface area contributed by atoms with Gasteiger partial charge in [-0.25, -0.2) is 0 Å². The van der Waals surface area contributed by atoms with Crippen molar-refractivity contribution in [1.82, 2.24) is 4.90 Å². The predicted octanol–water partition coefficient (Wildman–Crippen LogP) is 1.57. The number of benzene rings is 1. The molecule has 1 aliphatic carbocycles. The van der Waals surface area contributed by atoms with Gasteiger partial charge >= 0.3 is 0 Å². The van der Waals surface area contributed by atoms with Gasteiger partial charge in [-0.1, -0.05) is 31.2 Å². The fraction of sp³-hybridized carbons (Fsp3) is 0.571. The molecular formula is C14H19NO. The molecule has 2 bridgehead atoms. The van der Waals surface area contributed by atoms with Crippen molar-refractivity contribution < 1.29 is 5.11 Å². The number of fused-ring (bicyclic) bond motifs is 4. The molecule has 3 atom stereocenters. The van der Waals surface area contributed by atoms with Crippen molar-refractivity contribution in [3.05, 3.63) is 35.4 Å². The number of rotatable bonds is 0. The largest absolute Gasteiger partial charge is 0.391 e. The molecule has 2 nitrogen and oxygen atoms in total. The maximum absolute atomic E-state index is 10.5. The van der Waals surface area contributed by atoms with Crippen LogP contribution in [0.15, 0.2) is 24.3 Å². The lowest BCUT2D eigenvalue weighted by molar-refractivity contribution is -0.0406. The lowest BCUT2D eigenvalue weighted by Gasteiger charge is -2.52. The van der Waals surface area contributed by atoms with Crippen molar-refractivity contribution in [3.63, 3.8) is 0 Å². The quantitative estimate of drug-likeness (QED) is 0.713. The highest BCUT2D eigenvalue weighted by Gasteiger charge is 2.48. The smallest absolute Gasteiger partial charge is 0.0792 e. The van der Waals surface area contributed by atoms with E-state index >= 15 is 0 Å². The molecule has 1 saturated heterocycles. The molecule has 1 fully saturated rings. The maximum Gasteiger partial charge on any atom is 0.0792 e. The monoisotopic (exact) mass is 217 g/mol. The maximum atomic E-state index is 10.5. The summed E-state index contributed by atoms with van der Waals surface area (Å²) in [6, 6.07) is 8.91. The van der Waals surface area contributed by atoms with E-state index in [1.807, 2.05) is 0 Å². The van der Waals surface area contributed by atoms with Gasteiger partial charge in [0, 0.05) is 11.5 Å². The molecule has 0 spiro atoms. The van der Waals surface area contributed by atoms with E-state index in [0.29, 0.717) is 6.04 Å². The first kappa shape index (κ1) is 10.3. The summed E-state index contributed by atoms with van der Waals surface area (Å²) in [7, 11) is 2.13. The van der Waals surface area contributed by atoms with Crippen molar-refractivity contribution in [2.24, 2.45) is 0 Å². The molecule has 1 N–H and O–H groups in total. The highest BCUT2D eigenvalue weighted by molar-refractivity contribution is 5.40. The first-order chi connectivity index (χ1) is 7.63. The Morgan fingerprint density at radius 1 is 1.38 bits per heavy atom. The summed E-state index contributed by atoms with van der Waals surface area (Å²) in [6.07, 6.45) is 1.82. The number of aliphatic hydroxyl groups is 1. The lowest BCUT2D eigenvalue weighted by Crippen LogP contribution is -2.61. The van der Waals surface area contributed by atoms with Gasteiger partial charge < -0.3 is 10.0 Å². The molecule has 2 heteroatoms. The van der Waals surface area contributed by atoms with E-state index in [1.165, 1.54) is 11.1 Å². The summed E-state index contributed by atoms with van der Waals surface area (Å²) >= 11 is 0. The summed E-state index contributed by atoms with van der Waals surface area (Å²) < 4.78 is 0. The van der Waals surface area contributed by atoms with Gasteiger partial charge in [0.05, 0.1) is 6.10 Å². The molecule has 0 aromatic heterocycles.